The van der Waals surface area contributed by atoms with Crippen LogP contribution in [0.2, 0.25) is 0 Å². The molecule has 0 bridgehead atoms. The van der Waals surface area contributed by atoms with E-state index < -0.39 is 0 Å². The number of benzene rings is 2. The zero-order valence-electron chi connectivity index (χ0n) is 15.1. The van der Waals surface area contributed by atoms with E-state index in [0.717, 1.165) is 17.2 Å². The summed E-state index contributed by atoms with van der Waals surface area (Å²) in [6, 6.07) is 13.5. The van der Waals surface area contributed by atoms with Gasteiger partial charge in [-0.1, -0.05) is 68.1 Å². The number of anilines is 2. The second kappa shape index (κ2) is 8.27. The topological polar surface area (TPSA) is 12.0 Å². The Bertz CT molecular complexity index is 605. The maximum Gasteiger partial charge on any atom is 0.0460 e. The summed E-state index contributed by atoms with van der Waals surface area (Å²) in [5.74, 6) is 0. The largest absolute Gasteiger partial charge is 0.354 e. The van der Waals surface area contributed by atoms with Gasteiger partial charge in [-0.2, -0.15) is 0 Å². The van der Waals surface area contributed by atoms with E-state index in [1.165, 1.54) is 33.1 Å². The summed E-state index contributed by atoms with van der Waals surface area (Å²) in [4.78, 5) is 0. The second-order valence-corrected chi connectivity index (χ2v) is 10.8. The summed E-state index contributed by atoms with van der Waals surface area (Å²) in [5, 5.41) is 6.61. The Morgan fingerprint density at radius 3 is 1.43 bits per heavy atom. The molecule has 0 aliphatic rings. The zero-order valence-corrected chi connectivity index (χ0v) is 17.1. The molecule has 0 fully saturated rings. The molecule has 2 aromatic rings. The van der Waals surface area contributed by atoms with Gasteiger partial charge in [0.25, 0.3) is 0 Å². The van der Waals surface area contributed by atoms with Crippen LogP contribution in [0.1, 0.15) is 38.8 Å². The molecule has 1 N–H and O–H groups in total. The molecule has 0 amide bonds. The van der Waals surface area contributed by atoms with E-state index in [2.05, 4.69) is 83.3 Å². The molecule has 0 aliphatic carbocycles. The smallest absolute Gasteiger partial charge is 0.0460 e. The molecule has 2 atom stereocenters. The second-order valence-electron chi connectivity index (χ2n) is 6.82. The van der Waals surface area contributed by atoms with Gasteiger partial charge in [-0.25, -0.2) is 0 Å². The molecule has 3 heteroatoms. The molecule has 2 rings (SSSR count). The Morgan fingerprint density at radius 2 is 1.09 bits per heavy atom. The molecule has 0 spiro atoms. The van der Waals surface area contributed by atoms with E-state index in [-0.39, 0.29) is 0 Å². The first-order chi connectivity index (χ1) is 10.8. The molecule has 124 valence electrons. The number of nitrogens with one attached hydrogen (secondary N) is 1. The number of hydrogen-bond donors (Lipinski definition) is 1. The summed E-state index contributed by atoms with van der Waals surface area (Å²) in [7, 11) is 1.68. The number of aryl methyl sites for hydroxylation is 2. The van der Waals surface area contributed by atoms with Crippen molar-refractivity contribution in [2.24, 2.45) is 0 Å². The van der Waals surface area contributed by atoms with Gasteiger partial charge in [0.05, 0.1) is 0 Å². The highest BCUT2D eigenvalue weighted by Crippen LogP contribution is 2.28. The monoisotopic (exact) mass is 345 g/mol. The highest BCUT2D eigenvalue weighted by atomic mass is 31.1. The van der Waals surface area contributed by atoms with Crippen LogP contribution >= 0.6 is 17.2 Å². The molecule has 1 nitrogen and oxygen atoms in total. The Hall–Kier alpha value is -0.900. The molecular weight excluding hydrogens is 316 g/mol. The maximum absolute atomic E-state index is 3.72. The lowest BCUT2D eigenvalue weighted by molar-refractivity contribution is 1.11. The van der Waals surface area contributed by atoms with Crippen LogP contribution in [0, 0.1) is 13.8 Å². The molecule has 0 aromatic heterocycles. The Kier molecular flexibility index (Phi) is 6.63. The zero-order chi connectivity index (χ0) is 17.0. The molecule has 2 aromatic carbocycles. The van der Waals surface area contributed by atoms with Crippen molar-refractivity contribution in [3.8, 4) is 0 Å². The minimum absolute atomic E-state index is 0.687. The van der Waals surface area contributed by atoms with Gasteiger partial charge in [0.15, 0.2) is 0 Å². The van der Waals surface area contributed by atoms with Crippen LogP contribution < -0.4 is 15.9 Å². The van der Waals surface area contributed by atoms with Crippen molar-refractivity contribution >= 4 is 39.1 Å². The van der Waals surface area contributed by atoms with E-state index in [1.807, 2.05) is 0 Å². The first-order valence-corrected chi connectivity index (χ1v) is 10.5. The van der Waals surface area contributed by atoms with Crippen molar-refractivity contribution in [3.05, 3.63) is 47.5 Å². The first-order valence-electron chi connectivity index (χ1n) is 8.36. The maximum atomic E-state index is 3.72. The van der Waals surface area contributed by atoms with Gasteiger partial charge in [0, 0.05) is 11.4 Å². The minimum Gasteiger partial charge on any atom is -0.354 e. The van der Waals surface area contributed by atoms with Gasteiger partial charge in [-0.3, -0.25) is 0 Å². The predicted octanol–water partition coefficient (Wildman–Crippen LogP) is 5.47. The van der Waals surface area contributed by atoms with Gasteiger partial charge in [0.2, 0.25) is 0 Å². The highest BCUT2D eigenvalue weighted by molar-refractivity contribution is 7.48. The van der Waals surface area contributed by atoms with Crippen LogP contribution in [0.3, 0.4) is 0 Å². The summed E-state index contributed by atoms with van der Waals surface area (Å²) >= 11 is 0. The first kappa shape index (κ1) is 18.4. The molecule has 2 unspecified atom stereocenters. The van der Waals surface area contributed by atoms with E-state index in [9.17, 15) is 0 Å². The Morgan fingerprint density at radius 1 is 0.696 bits per heavy atom. The van der Waals surface area contributed by atoms with Gasteiger partial charge < -0.3 is 5.32 Å². The van der Waals surface area contributed by atoms with E-state index in [1.54, 1.807) is 0 Å². The summed E-state index contributed by atoms with van der Waals surface area (Å²) in [6.07, 6.45) is 0. The minimum atomic E-state index is 0.687. The quantitative estimate of drug-likeness (QED) is 0.685. The van der Waals surface area contributed by atoms with Gasteiger partial charge in [0.1, 0.15) is 0 Å². The van der Waals surface area contributed by atoms with Crippen LogP contribution in [0.4, 0.5) is 11.4 Å². The van der Waals surface area contributed by atoms with Crippen LogP contribution in [0.5, 0.6) is 0 Å². The molecule has 0 heterocycles. The molecule has 0 radical (unpaired) electrons. The van der Waals surface area contributed by atoms with Crippen molar-refractivity contribution in [2.75, 3.05) is 5.32 Å². The lowest BCUT2D eigenvalue weighted by atomic mass is 10.2. The summed E-state index contributed by atoms with van der Waals surface area (Å²) in [5.41, 5.74) is 6.58. The lowest BCUT2D eigenvalue weighted by Gasteiger charge is -2.18. The van der Waals surface area contributed by atoms with Gasteiger partial charge in [-0.15, -0.1) is 0 Å². The van der Waals surface area contributed by atoms with Crippen molar-refractivity contribution in [1.29, 1.82) is 0 Å². The third-order valence-electron chi connectivity index (χ3n) is 3.51. The number of hydrogen-bond acceptors (Lipinski definition) is 1. The predicted molar refractivity (Wildman–Crippen MR) is 112 cm³/mol. The SMILES string of the molecule is Cc1ccc(Nc2ccc(C)cc2PC(C)C)c(PC(C)C)c1. The standard InChI is InChI=1S/C20H29NP2/c1-13(2)22-19-11-15(5)7-9-17(19)21-18-10-8-16(6)12-20(18)23-14(3)4/h7-14,21-23H,1-6H3. The lowest BCUT2D eigenvalue weighted by Crippen LogP contribution is -2.12. The van der Waals surface area contributed by atoms with E-state index >= 15 is 0 Å². The van der Waals surface area contributed by atoms with Crippen molar-refractivity contribution in [3.63, 3.8) is 0 Å². The average molecular weight is 345 g/mol. The Balaban J connectivity index is 2.35. The molecule has 0 saturated heterocycles. The van der Waals surface area contributed by atoms with Gasteiger partial charge >= 0.3 is 0 Å². The number of rotatable bonds is 6. The molecule has 0 saturated carbocycles. The summed E-state index contributed by atoms with van der Waals surface area (Å²) < 4.78 is 0. The van der Waals surface area contributed by atoms with Crippen LogP contribution in [-0.4, -0.2) is 11.3 Å². The van der Waals surface area contributed by atoms with Crippen molar-refractivity contribution < 1.29 is 0 Å². The normalized spacial score (nSPS) is 12.3. The fraction of sp³-hybridized carbons (Fsp3) is 0.400. The van der Waals surface area contributed by atoms with Crippen molar-refractivity contribution in [1.82, 2.24) is 0 Å². The highest BCUT2D eigenvalue weighted by Gasteiger charge is 2.09. The Labute approximate surface area is 145 Å². The van der Waals surface area contributed by atoms with Crippen LogP contribution in [-0.2, 0) is 0 Å². The van der Waals surface area contributed by atoms with Crippen LogP contribution in [0.25, 0.3) is 0 Å². The fourth-order valence-electron chi connectivity index (χ4n) is 2.54. The molecular formula is C20H29NP2. The van der Waals surface area contributed by atoms with E-state index in [4.69, 9.17) is 0 Å². The molecule has 23 heavy (non-hydrogen) atoms. The summed E-state index contributed by atoms with van der Waals surface area (Å²) in [6.45, 7) is 13.5. The van der Waals surface area contributed by atoms with Gasteiger partial charge in [-0.05, 0) is 60.0 Å². The third-order valence-corrected chi connectivity index (χ3v) is 6.11. The van der Waals surface area contributed by atoms with E-state index in [0.29, 0.717) is 11.3 Å². The van der Waals surface area contributed by atoms with Crippen molar-refractivity contribution in [2.45, 2.75) is 52.9 Å². The average Bonchev–Trinajstić information content (AvgIpc) is 2.43. The van der Waals surface area contributed by atoms with Crippen LogP contribution in [0.15, 0.2) is 36.4 Å². The third kappa shape index (κ3) is 5.59. The molecule has 0 aliphatic heterocycles. The fourth-order valence-corrected chi connectivity index (χ4v) is 5.01.